The normalized spacial score (nSPS) is 10.5. The third kappa shape index (κ3) is 1.65. The predicted molar refractivity (Wildman–Crippen MR) is 72.0 cm³/mol. The van der Waals surface area contributed by atoms with Crippen LogP contribution in [0.4, 0.5) is 11.5 Å². The average Bonchev–Trinajstić information content (AvgIpc) is 2.80. The van der Waals surface area contributed by atoms with Crippen molar-refractivity contribution < 1.29 is 0 Å². The van der Waals surface area contributed by atoms with Crippen molar-refractivity contribution in [2.45, 2.75) is 0 Å². The highest BCUT2D eigenvalue weighted by atomic mass is 15.2. The minimum atomic E-state index is 0.336. The monoisotopic (exact) mass is 250 g/mol. The molecule has 4 N–H and O–H groups in total. The first-order chi connectivity index (χ1) is 9.20. The van der Waals surface area contributed by atoms with Gasteiger partial charge in [-0.2, -0.15) is 10.4 Å². The van der Waals surface area contributed by atoms with Crippen LogP contribution in [0, 0.1) is 11.3 Å². The Morgan fingerprint density at radius 1 is 1.16 bits per heavy atom. The first kappa shape index (κ1) is 11.0. The van der Waals surface area contributed by atoms with Crippen molar-refractivity contribution in [1.82, 2.24) is 14.6 Å². The summed E-state index contributed by atoms with van der Waals surface area (Å²) in [5.41, 5.74) is 14.9. The van der Waals surface area contributed by atoms with Gasteiger partial charge < -0.3 is 11.5 Å². The van der Waals surface area contributed by atoms with Gasteiger partial charge in [-0.15, -0.1) is 0 Å². The minimum Gasteiger partial charge on any atom is -0.399 e. The number of aromatic nitrogens is 3. The molecule has 0 aliphatic heterocycles. The maximum atomic E-state index is 9.25. The van der Waals surface area contributed by atoms with Gasteiger partial charge >= 0.3 is 0 Å². The summed E-state index contributed by atoms with van der Waals surface area (Å²) >= 11 is 0. The number of nitriles is 1. The van der Waals surface area contributed by atoms with Gasteiger partial charge in [-0.1, -0.05) is 12.1 Å². The number of fused-ring (bicyclic) bond motifs is 1. The lowest BCUT2D eigenvalue weighted by atomic mass is 10.0. The van der Waals surface area contributed by atoms with Crippen LogP contribution in [0.25, 0.3) is 16.6 Å². The molecular weight excluding hydrogens is 240 g/mol. The maximum absolute atomic E-state index is 9.25. The van der Waals surface area contributed by atoms with Crippen LogP contribution >= 0.6 is 0 Å². The lowest BCUT2D eigenvalue weighted by Gasteiger charge is -2.03. The molecule has 2 heterocycles. The standard InChI is InChI=1S/C13H10N6/c14-5-9-6-19-12(13(16)17-7-18-19)11(9)8-1-3-10(15)4-2-8/h1-4,6-7H,15H2,(H2,16,17,18). The van der Waals surface area contributed by atoms with Gasteiger partial charge in [0.2, 0.25) is 0 Å². The summed E-state index contributed by atoms with van der Waals surface area (Å²) in [5.74, 6) is 0.336. The molecule has 0 spiro atoms. The van der Waals surface area contributed by atoms with Crippen LogP contribution in [0.15, 0.2) is 36.8 Å². The van der Waals surface area contributed by atoms with Gasteiger partial charge in [-0.3, -0.25) is 0 Å². The van der Waals surface area contributed by atoms with Crippen LogP contribution in [-0.2, 0) is 0 Å². The second kappa shape index (κ2) is 3.99. The van der Waals surface area contributed by atoms with Crippen molar-refractivity contribution in [3.05, 3.63) is 42.4 Å². The van der Waals surface area contributed by atoms with Gasteiger partial charge in [0, 0.05) is 17.4 Å². The van der Waals surface area contributed by atoms with Crippen molar-refractivity contribution in [2.75, 3.05) is 11.5 Å². The molecule has 0 saturated carbocycles. The molecular formula is C13H10N6. The highest BCUT2D eigenvalue weighted by molar-refractivity contribution is 5.91. The molecule has 0 radical (unpaired) electrons. The number of benzene rings is 1. The number of hydrogen-bond acceptors (Lipinski definition) is 5. The summed E-state index contributed by atoms with van der Waals surface area (Å²) in [6.45, 7) is 0. The zero-order valence-corrected chi connectivity index (χ0v) is 9.91. The van der Waals surface area contributed by atoms with Crippen LogP contribution < -0.4 is 11.5 Å². The van der Waals surface area contributed by atoms with Crippen molar-refractivity contribution in [2.24, 2.45) is 0 Å². The second-order valence-corrected chi connectivity index (χ2v) is 4.09. The molecule has 6 heteroatoms. The van der Waals surface area contributed by atoms with E-state index in [0.717, 1.165) is 11.1 Å². The van der Waals surface area contributed by atoms with E-state index in [1.165, 1.54) is 6.33 Å². The summed E-state index contributed by atoms with van der Waals surface area (Å²) in [4.78, 5) is 3.97. The van der Waals surface area contributed by atoms with E-state index in [0.29, 0.717) is 22.6 Å². The second-order valence-electron chi connectivity index (χ2n) is 4.09. The first-order valence-electron chi connectivity index (χ1n) is 5.58. The molecule has 3 aromatic rings. The van der Waals surface area contributed by atoms with E-state index in [1.54, 1.807) is 22.8 Å². The molecule has 0 atom stereocenters. The van der Waals surface area contributed by atoms with Crippen LogP contribution in [0.3, 0.4) is 0 Å². The molecule has 0 saturated heterocycles. The number of nitrogen functional groups attached to an aromatic ring is 2. The fraction of sp³-hybridized carbons (Fsp3) is 0. The lowest BCUT2D eigenvalue weighted by molar-refractivity contribution is 0.907. The van der Waals surface area contributed by atoms with Crippen molar-refractivity contribution >= 4 is 17.0 Å². The smallest absolute Gasteiger partial charge is 0.152 e. The Bertz CT molecular complexity index is 794. The van der Waals surface area contributed by atoms with Crippen LogP contribution in [0.2, 0.25) is 0 Å². The topological polar surface area (TPSA) is 106 Å². The van der Waals surface area contributed by atoms with Gasteiger partial charge in [0.25, 0.3) is 0 Å². The molecule has 0 bridgehead atoms. The average molecular weight is 250 g/mol. The molecule has 92 valence electrons. The minimum absolute atomic E-state index is 0.336. The molecule has 19 heavy (non-hydrogen) atoms. The Hall–Kier alpha value is -3.07. The van der Waals surface area contributed by atoms with Gasteiger partial charge in [-0.25, -0.2) is 9.50 Å². The number of hydrogen-bond donors (Lipinski definition) is 2. The van der Waals surface area contributed by atoms with Gasteiger partial charge in [0.05, 0.1) is 5.56 Å². The Kier molecular flexibility index (Phi) is 2.32. The summed E-state index contributed by atoms with van der Waals surface area (Å²) in [6, 6.07) is 9.40. The third-order valence-electron chi connectivity index (χ3n) is 2.92. The molecule has 0 amide bonds. The quantitative estimate of drug-likeness (QED) is 0.635. The molecule has 0 aliphatic rings. The molecule has 3 rings (SSSR count). The fourth-order valence-corrected chi connectivity index (χ4v) is 2.06. The first-order valence-corrected chi connectivity index (χ1v) is 5.58. The molecule has 1 aromatic carbocycles. The van der Waals surface area contributed by atoms with Crippen LogP contribution in [0.5, 0.6) is 0 Å². The highest BCUT2D eigenvalue weighted by Gasteiger charge is 2.16. The van der Waals surface area contributed by atoms with E-state index >= 15 is 0 Å². The van der Waals surface area contributed by atoms with Gasteiger partial charge in [0.15, 0.2) is 5.82 Å². The highest BCUT2D eigenvalue weighted by Crippen LogP contribution is 2.32. The summed E-state index contributed by atoms with van der Waals surface area (Å²) in [6.07, 6.45) is 3.00. The third-order valence-corrected chi connectivity index (χ3v) is 2.92. The summed E-state index contributed by atoms with van der Waals surface area (Å²) in [5, 5.41) is 13.3. The SMILES string of the molecule is N#Cc1cn2ncnc(N)c2c1-c1ccc(N)cc1. The zero-order chi connectivity index (χ0) is 13.4. The zero-order valence-electron chi connectivity index (χ0n) is 9.91. The molecule has 0 aliphatic carbocycles. The Morgan fingerprint density at radius 3 is 2.58 bits per heavy atom. The van der Waals surface area contributed by atoms with E-state index in [-0.39, 0.29) is 0 Å². The van der Waals surface area contributed by atoms with Crippen LogP contribution in [0.1, 0.15) is 5.56 Å². The van der Waals surface area contributed by atoms with E-state index in [9.17, 15) is 5.26 Å². The lowest BCUT2D eigenvalue weighted by Crippen LogP contribution is -1.98. The Labute approximate surface area is 108 Å². The van der Waals surface area contributed by atoms with Gasteiger partial charge in [0.1, 0.15) is 17.9 Å². The molecule has 0 fully saturated rings. The summed E-state index contributed by atoms with van der Waals surface area (Å²) < 4.78 is 1.56. The Balaban J connectivity index is 2.39. The van der Waals surface area contributed by atoms with Crippen molar-refractivity contribution in [1.29, 1.82) is 5.26 Å². The van der Waals surface area contributed by atoms with E-state index < -0.39 is 0 Å². The number of anilines is 2. The predicted octanol–water partition coefficient (Wildman–Crippen LogP) is 1.43. The van der Waals surface area contributed by atoms with Gasteiger partial charge in [-0.05, 0) is 17.7 Å². The van der Waals surface area contributed by atoms with E-state index in [4.69, 9.17) is 11.5 Å². The largest absolute Gasteiger partial charge is 0.399 e. The molecule has 0 unspecified atom stereocenters. The number of rotatable bonds is 1. The van der Waals surface area contributed by atoms with Crippen molar-refractivity contribution in [3.63, 3.8) is 0 Å². The van der Waals surface area contributed by atoms with Crippen molar-refractivity contribution in [3.8, 4) is 17.2 Å². The fourth-order valence-electron chi connectivity index (χ4n) is 2.06. The number of nitrogens with zero attached hydrogens (tertiary/aromatic N) is 4. The number of nitrogens with two attached hydrogens (primary N) is 2. The molecule has 6 nitrogen and oxygen atoms in total. The summed E-state index contributed by atoms with van der Waals surface area (Å²) in [7, 11) is 0. The maximum Gasteiger partial charge on any atom is 0.152 e. The van der Waals surface area contributed by atoms with Crippen LogP contribution in [-0.4, -0.2) is 14.6 Å². The van der Waals surface area contributed by atoms with E-state index in [1.807, 2.05) is 12.1 Å². The Morgan fingerprint density at radius 2 is 1.89 bits per heavy atom. The molecule has 2 aromatic heterocycles. The van der Waals surface area contributed by atoms with E-state index in [2.05, 4.69) is 16.2 Å².